The summed E-state index contributed by atoms with van der Waals surface area (Å²) in [4.78, 5) is 0. The summed E-state index contributed by atoms with van der Waals surface area (Å²) in [7, 11) is 0. The molecule has 0 unspecified atom stereocenters. The topological polar surface area (TPSA) is 32.3 Å². The van der Waals surface area contributed by atoms with Crippen LogP contribution in [0.25, 0.3) is 0 Å². The number of allylic oxidation sites excluding steroid dienone is 6. The summed E-state index contributed by atoms with van der Waals surface area (Å²) in [5.41, 5.74) is 3.18. The van der Waals surface area contributed by atoms with Crippen LogP contribution in [0, 0.1) is 5.92 Å². The van der Waals surface area contributed by atoms with Gasteiger partial charge in [0.05, 0.1) is 6.10 Å². The average molecular weight is 416 g/mol. The van der Waals surface area contributed by atoms with Crippen molar-refractivity contribution in [1.29, 1.82) is 0 Å². The zero-order chi connectivity index (χ0) is 22.0. The molecule has 3 heteroatoms. The second kappa shape index (κ2) is 12.4. The normalized spacial score (nSPS) is 26.6. The van der Waals surface area contributed by atoms with Gasteiger partial charge in [-0.2, -0.15) is 0 Å². The van der Waals surface area contributed by atoms with Crippen molar-refractivity contribution in [2.75, 3.05) is 6.54 Å². The molecule has 2 rings (SSSR count). The second-order valence-electron chi connectivity index (χ2n) is 9.23. The molecule has 0 heterocycles. The Morgan fingerprint density at radius 3 is 2.30 bits per heavy atom. The molecular weight excluding hydrogens is 373 g/mol. The predicted molar refractivity (Wildman–Crippen MR) is 127 cm³/mol. The van der Waals surface area contributed by atoms with Gasteiger partial charge < -0.3 is 10.4 Å². The van der Waals surface area contributed by atoms with Gasteiger partial charge in [0, 0.05) is 17.7 Å². The van der Waals surface area contributed by atoms with Gasteiger partial charge in [-0.1, -0.05) is 54.9 Å². The lowest BCUT2D eigenvalue weighted by atomic mass is 9.83. The van der Waals surface area contributed by atoms with Crippen LogP contribution < -0.4 is 5.32 Å². The minimum Gasteiger partial charge on any atom is -0.393 e. The van der Waals surface area contributed by atoms with Crippen LogP contribution in [0.3, 0.4) is 0 Å². The summed E-state index contributed by atoms with van der Waals surface area (Å²) in [6.45, 7) is 8.53. The molecule has 0 radical (unpaired) electrons. The summed E-state index contributed by atoms with van der Waals surface area (Å²) >= 11 is 0. The smallest absolute Gasteiger partial charge is 0.102 e. The highest BCUT2D eigenvalue weighted by Gasteiger charge is 2.37. The Balaban J connectivity index is 2.12. The van der Waals surface area contributed by atoms with Crippen LogP contribution >= 0.6 is 0 Å². The molecule has 0 aromatic rings. The van der Waals surface area contributed by atoms with E-state index in [4.69, 9.17) is 0 Å². The van der Waals surface area contributed by atoms with Gasteiger partial charge in [0.25, 0.3) is 0 Å². The van der Waals surface area contributed by atoms with Crippen LogP contribution in [0.1, 0.15) is 85.5 Å². The summed E-state index contributed by atoms with van der Waals surface area (Å²) in [6, 6.07) is 0. The van der Waals surface area contributed by atoms with Crippen LogP contribution in [-0.4, -0.2) is 23.3 Å². The van der Waals surface area contributed by atoms with Gasteiger partial charge in [-0.15, -0.1) is 0 Å². The van der Waals surface area contributed by atoms with Crippen LogP contribution in [0.5, 0.6) is 0 Å². The van der Waals surface area contributed by atoms with Gasteiger partial charge in [-0.3, -0.25) is 0 Å². The van der Waals surface area contributed by atoms with Crippen molar-refractivity contribution >= 4 is 0 Å². The van der Waals surface area contributed by atoms with E-state index in [1.54, 1.807) is 6.92 Å². The lowest BCUT2D eigenvalue weighted by Crippen LogP contribution is -2.45. The summed E-state index contributed by atoms with van der Waals surface area (Å²) in [6.07, 6.45) is 21.9. The highest BCUT2D eigenvalue weighted by molar-refractivity contribution is 5.36. The molecule has 0 aromatic carbocycles. The molecule has 30 heavy (non-hydrogen) atoms. The molecule has 0 amide bonds. The Morgan fingerprint density at radius 1 is 1.07 bits per heavy atom. The van der Waals surface area contributed by atoms with E-state index < -0.39 is 0 Å². The molecule has 0 atom stereocenters. The van der Waals surface area contributed by atoms with E-state index in [1.165, 1.54) is 11.1 Å². The fourth-order valence-electron chi connectivity index (χ4n) is 5.12. The summed E-state index contributed by atoms with van der Waals surface area (Å²) in [5.74, 6) is 0.604. The first kappa shape index (κ1) is 24.8. The molecule has 168 valence electrons. The molecule has 0 bridgehead atoms. The quantitative estimate of drug-likeness (QED) is 0.394. The van der Waals surface area contributed by atoms with E-state index in [9.17, 15) is 9.50 Å². The highest BCUT2D eigenvalue weighted by Crippen LogP contribution is 2.38. The number of aliphatic hydroxyl groups excluding tert-OH is 1. The second-order valence-corrected chi connectivity index (χ2v) is 9.23. The molecular formula is C27H42FNO. The van der Waals surface area contributed by atoms with E-state index in [2.05, 4.69) is 30.5 Å². The number of hydrogen-bond acceptors (Lipinski definition) is 2. The third-order valence-electron chi connectivity index (χ3n) is 6.67. The molecule has 2 aliphatic carbocycles. The van der Waals surface area contributed by atoms with Crippen molar-refractivity contribution in [3.63, 3.8) is 0 Å². The number of rotatable bonds is 9. The van der Waals surface area contributed by atoms with Gasteiger partial charge >= 0.3 is 0 Å². The lowest BCUT2D eigenvalue weighted by Gasteiger charge is -2.33. The van der Waals surface area contributed by atoms with E-state index >= 15 is 0 Å². The SMILES string of the molecule is C\C=C/C=C(\C=C(/C)CC1CCC(O)CC1)CNC1(C(/C=C\C)=C(/C)F)CCCC1. The van der Waals surface area contributed by atoms with Crippen LogP contribution in [-0.2, 0) is 0 Å². The van der Waals surface area contributed by atoms with Crippen molar-refractivity contribution in [1.82, 2.24) is 5.32 Å². The zero-order valence-electron chi connectivity index (χ0n) is 19.5. The maximum atomic E-state index is 14.4. The van der Waals surface area contributed by atoms with E-state index in [1.807, 2.05) is 32.1 Å². The van der Waals surface area contributed by atoms with Gasteiger partial charge in [0.15, 0.2) is 0 Å². The third-order valence-corrected chi connectivity index (χ3v) is 6.67. The predicted octanol–water partition coefficient (Wildman–Crippen LogP) is 7.10. The Kier molecular flexibility index (Phi) is 10.3. The average Bonchev–Trinajstić information content (AvgIpc) is 3.19. The number of hydrogen-bond donors (Lipinski definition) is 2. The van der Waals surface area contributed by atoms with Gasteiger partial charge in [-0.25, -0.2) is 4.39 Å². The highest BCUT2D eigenvalue weighted by atomic mass is 19.1. The van der Waals surface area contributed by atoms with Crippen molar-refractivity contribution in [3.8, 4) is 0 Å². The summed E-state index contributed by atoms with van der Waals surface area (Å²) < 4.78 is 14.4. The van der Waals surface area contributed by atoms with Crippen molar-refractivity contribution in [2.24, 2.45) is 5.92 Å². The van der Waals surface area contributed by atoms with Gasteiger partial charge in [-0.05, 0) is 84.1 Å². The molecule has 2 saturated carbocycles. The largest absolute Gasteiger partial charge is 0.393 e. The minimum atomic E-state index is -0.262. The van der Waals surface area contributed by atoms with Crippen molar-refractivity contribution in [3.05, 3.63) is 59.0 Å². The first-order chi connectivity index (χ1) is 14.4. The minimum absolute atomic E-state index is 0.0762. The Labute approximate surface area is 183 Å². The molecule has 0 saturated heterocycles. The Morgan fingerprint density at radius 2 is 1.73 bits per heavy atom. The molecule has 2 nitrogen and oxygen atoms in total. The van der Waals surface area contributed by atoms with E-state index in [-0.39, 0.29) is 17.5 Å². The number of aliphatic hydroxyl groups is 1. The zero-order valence-corrected chi connectivity index (χ0v) is 19.5. The van der Waals surface area contributed by atoms with Crippen LogP contribution in [0.15, 0.2) is 59.0 Å². The molecule has 2 fully saturated rings. The standard InChI is InChI=1S/C27H42FNO/c1-5-7-11-24(19-21(3)18-23-12-14-25(30)15-13-23)20-29-27(16-8-9-17-27)26(10-6-2)22(4)28/h5-7,10-11,19,23,25,29-30H,8-9,12-18,20H2,1-4H3/b7-5-,10-6-,21-19+,24-11+,26-22-. The van der Waals surface area contributed by atoms with E-state index in [0.29, 0.717) is 5.92 Å². The Bertz CT molecular complexity index is 680. The van der Waals surface area contributed by atoms with Crippen molar-refractivity contribution < 1.29 is 9.50 Å². The number of nitrogens with one attached hydrogen (secondary N) is 1. The summed E-state index contributed by atoms with van der Waals surface area (Å²) in [5, 5.41) is 13.5. The first-order valence-corrected chi connectivity index (χ1v) is 11.8. The molecule has 0 spiro atoms. The molecule has 0 aliphatic heterocycles. The first-order valence-electron chi connectivity index (χ1n) is 11.8. The molecule has 2 aliphatic rings. The molecule has 2 N–H and O–H groups in total. The van der Waals surface area contributed by atoms with E-state index in [0.717, 1.165) is 69.9 Å². The third kappa shape index (κ3) is 7.35. The van der Waals surface area contributed by atoms with Crippen LogP contribution in [0.2, 0.25) is 0 Å². The van der Waals surface area contributed by atoms with Crippen LogP contribution in [0.4, 0.5) is 4.39 Å². The molecule has 0 aromatic heterocycles. The van der Waals surface area contributed by atoms with Crippen molar-refractivity contribution in [2.45, 2.75) is 97.1 Å². The maximum Gasteiger partial charge on any atom is 0.102 e. The number of halogens is 1. The van der Waals surface area contributed by atoms with Gasteiger partial charge in [0.1, 0.15) is 5.83 Å². The monoisotopic (exact) mass is 415 g/mol. The Hall–Kier alpha value is -1.45. The fraction of sp³-hybridized carbons (Fsp3) is 0.630. The van der Waals surface area contributed by atoms with Gasteiger partial charge in [0.2, 0.25) is 0 Å². The fourth-order valence-corrected chi connectivity index (χ4v) is 5.12. The lowest BCUT2D eigenvalue weighted by molar-refractivity contribution is 0.108. The maximum absolute atomic E-state index is 14.4.